The quantitative estimate of drug-likeness (QED) is 0.885. The molecule has 1 atom stereocenters. The Kier molecular flexibility index (Phi) is 5.15. The zero-order valence-electron chi connectivity index (χ0n) is 12.7. The van der Waals surface area contributed by atoms with E-state index in [1.165, 1.54) is 41.7 Å². The number of hydrogen-bond donors (Lipinski definition) is 1. The lowest BCUT2D eigenvalue weighted by Gasteiger charge is -2.27. The Bertz CT molecular complexity index is 573. The van der Waals surface area contributed by atoms with Crippen LogP contribution in [0.1, 0.15) is 37.8 Å². The van der Waals surface area contributed by atoms with Gasteiger partial charge in [-0.25, -0.2) is 0 Å². The first kappa shape index (κ1) is 14.9. The molecule has 1 saturated heterocycles. The number of fused-ring (bicyclic) bond motifs is 1. The molecule has 0 bridgehead atoms. The van der Waals surface area contributed by atoms with Crippen LogP contribution in [0.4, 0.5) is 0 Å². The molecule has 0 aliphatic carbocycles. The lowest BCUT2D eigenvalue weighted by molar-refractivity contribution is 0.376. The fraction of sp³-hybridized carbons (Fsp3) is 0.500. The van der Waals surface area contributed by atoms with E-state index in [2.05, 4.69) is 53.3 Å². The molecule has 0 saturated carbocycles. The van der Waals surface area contributed by atoms with E-state index >= 15 is 0 Å². The molecule has 1 aromatic heterocycles. The number of benzene rings is 1. The maximum absolute atomic E-state index is 4.50. The smallest absolute Gasteiger partial charge is 0.0705 e. The van der Waals surface area contributed by atoms with Gasteiger partial charge in [0.2, 0.25) is 0 Å². The fourth-order valence-corrected chi connectivity index (χ4v) is 4.52. The summed E-state index contributed by atoms with van der Waals surface area (Å²) in [6, 6.07) is 11.2. The third-order valence-corrected chi connectivity index (χ3v) is 5.46. The van der Waals surface area contributed by atoms with E-state index in [-0.39, 0.29) is 0 Å². The van der Waals surface area contributed by atoms with Crippen molar-refractivity contribution in [2.24, 2.45) is 5.92 Å². The predicted octanol–water partition coefficient (Wildman–Crippen LogP) is 4.42. The Balaban J connectivity index is 1.87. The molecule has 1 aliphatic rings. The minimum absolute atomic E-state index is 0.455. The molecule has 0 spiro atoms. The molecule has 1 unspecified atom stereocenters. The molecule has 2 nitrogen and oxygen atoms in total. The van der Waals surface area contributed by atoms with Gasteiger partial charge in [-0.05, 0) is 60.9 Å². The second kappa shape index (κ2) is 7.28. The van der Waals surface area contributed by atoms with Crippen LogP contribution >= 0.6 is 11.8 Å². The average Bonchev–Trinajstić information content (AvgIpc) is 2.55. The van der Waals surface area contributed by atoms with Gasteiger partial charge < -0.3 is 5.32 Å². The zero-order valence-corrected chi connectivity index (χ0v) is 13.5. The monoisotopic (exact) mass is 300 g/mol. The van der Waals surface area contributed by atoms with Crippen LogP contribution in [-0.4, -0.2) is 23.0 Å². The van der Waals surface area contributed by atoms with Gasteiger partial charge in [0.25, 0.3) is 0 Å². The molecule has 3 rings (SSSR count). The molecular formula is C18H24N2S. The number of thioether (sulfide) groups is 1. The Morgan fingerprint density at radius 3 is 2.90 bits per heavy atom. The predicted molar refractivity (Wildman–Crippen MR) is 92.8 cm³/mol. The molecule has 2 aromatic rings. The van der Waals surface area contributed by atoms with Crippen molar-refractivity contribution in [3.63, 3.8) is 0 Å². The molecule has 2 heterocycles. The Hall–Kier alpha value is -1.06. The largest absolute Gasteiger partial charge is 0.310 e. The highest BCUT2D eigenvalue weighted by Gasteiger charge is 2.21. The highest BCUT2D eigenvalue weighted by atomic mass is 32.2. The van der Waals surface area contributed by atoms with Gasteiger partial charge in [0.1, 0.15) is 0 Å². The summed E-state index contributed by atoms with van der Waals surface area (Å²) in [5, 5.41) is 5.01. The summed E-state index contributed by atoms with van der Waals surface area (Å²) in [6.07, 6.45) is 5.88. The van der Waals surface area contributed by atoms with Gasteiger partial charge in [-0.2, -0.15) is 11.8 Å². The minimum atomic E-state index is 0.455. The zero-order chi connectivity index (χ0) is 14.5. The molecule has 1 aliphatic heterocycles. The number of aromatic nitrogens is 1. The van der Waals surface area contributed by atoms with Crippen LogP contribution in [0, 0.1) is 5.92 Å². The van der Waals surface area contributed by atoms with E-state index in [0.717, 1.165) is 18.0 Å². The fourth-order valence-electron chi connectivity index (χ4n) is 3.31. The van der Waals surface area contributed by atoms with Gasteiger partial charge in [-0.3, -0.25) is 4.98 Å². The summed E-state index contributed by atoms with van der Waals surface area (Å²) in [6.45, 7) is 3.22. The van der Waals surface area contributed by atoms with Gasteiger partial charge in [0.15, 0.2) is 0 Å². The third-order valence-electron chi connectivity index (χ3n) is 4.42. The summed E-state index contributed by atoms with van der Waals surface area (Å²) in [5.41, 5.74) is 2.53. The van der Waals surface area contributed by atoms with Crippen molar-refractivity contribution in [1.82, 2.24) is 10.3 Å². The lowest BCUT2D eigenvalue weighted by Crippen LogP contribution is -2.25. The van der Waals surface area contributed by atoms with E-state index in [1.54, 1.807) is 0 Å². The number of nitrogens with one attached hydrogen (secondary N) is 1. The van der Waals surface area contributed by atoms with Crippen LogP contribution in [0.3, 0.4) is 0 Å². The van der Waals surface area contributed by atoms with E-state index in [1.807, 2.05) is 12.3 Å². The van der Waals surface area contributed by atoms with Gasteiger partial charge in [-0.1, -0.05) is 25.1 Å². The van der Waals surface area contributed by atoms with E-state index < -0.39 is 0 Å². The maximum atomic E-state index is 4.50. The second-order valence-corrected chi connectivity index (χ2v) is 7.04. The van der Waals surface area contributed by atoms with Crippen molar-refractivity contribution in [3.05, 3.63) is 42.1 Å². The number of hydrogen-bond acceptors (Lipinski definition) is 3. The molecule has 0 radical (unpaired) electrons. The van der Waals surface area contributed by atoms with E-state index in [0.29, 0.717) is 6.04 Å². The van der Waals surface area contributed by atoms with Crippen LogP contribution in [-0.2, 0) is 0 Å². The molecule has 21 heavy (non-hydrogen) atoms. The lowest BCUT2D eigenvalue weighted by atomic mass is 9.89. The van der Waals surface area contributed by atoms with Crippen molar-refractivity contribution in [2.45, 2.75) is 32.2 Å². The summed E-state index contributed by atoms with van der Waals surface area (Å²) < 4.78 is 0. The Labute approximate surface area is 131 Å². The first-order valence-corrected chi connectivity index (χ1v) is 9.18. The average molecular weight is 300 g/mol. The Morgan fingerprint density at radius 2 is 2.10 bits per heavy atom. The second-order valence-electron chi connectivity index (χ2n) is 5.82. The van der Waals surface area contributed by atoms with Gasteiger partial charge in [0.05, 0.1) is 5.52 Å². The molecule has 1 aromatic carbocycles. The van der Waals surface area contributed by atoms with Gasteiger partial charge in [-0.15, -0.1) is 0 Å². The molecule has 0 amide bonds. The van der Waals surface area contributed by atoms with E-state index in [9.17, 15) is 0 Å². The normalized spacial score (nSPS) is 18.0. The number of nitrogens with zero attached hydrogens (tertiary/aromatic N) is 1. The van der Waals surface area contributed by atoms with E-state index in [4.69, 9.17) is 0 Å². The third kappa shape index (κ3) is 3.58. The molecule has 1 fully saturated rings. The molecule has 3 heteroatoms. The summed E-state index contributed by atoms with van der Waals surface area (Å²) in [5.74, 6) is 3.53. The van der Waals surface area contributed by atoms with Gasteiger partial charge >= 0.3 is 0 Å². The van der Waals surface area contributed by atoms with Gasteiger partial charge in [0, 0.05) is 17.6 Å². The first-order chi connectivity index (χ1) is 10.4. The molecular weight excluding hydrogens is 276 g/mol. The maximum Gasteiger partial charge on any atom is 0.0705 e. The summed E-state index contributed by atoms with van der Waals surface area (Å²) in [4.78, 5) is 4.50. The number of pyridine rings is 1. The number of rotatable bonds is 5. The standard InChI is InChI=1S/C18H24N2S/c1-2-19-18(13-14-8-11-21-12-9-14)16-5-3-7-17-15(16)6-4-10-20-17/h3-7,10,14,18-19H,2,8-9,11-13H2,1H3. The van der Waals surface area contributed by atoms with Crippen molar-refractivity contribution in [2.75, 3.05) is 18.1 Å². The van der Waals surface area contributed by atoms with Crippen molar-refractivity contribution >= 4 is 22.7 Å². The highest BCUT2D eigenvalue weighted by molar-refractivity contribution is 7.99. The van der Waals surface area contributed by atoms with Crippen LogP contribution in [0.5, 0.6) is 0 Å². The molecule has 1 N–H and O–H groups in total. The van der Waals surface area contributed by atoms with Crippen LogP contribution in [0.15, 0.2) is 36.5 Å². The van der Waals surface area contributed by atoms with Crippen molar-refractivity contribution in [3.8, 4) is 0 Å². The minimum Gasteiger partial charge on any atom is -0.310 e. The topological polar surface area (TPSA) is 24.9 Å². The van der Waals surface area contributed by atoms with Crippen LogP contribution in [0.2, 0.25) is 0 Å². The first-order valence-electron chi connectivity index (χ1n) is 8.03. The molecule has 112 valence electrons. The van der Waals surface area contributed by atoms with Crippen LogP contribution < -0.4 is 5.32 Å². The van der Waals surface area contributed by atoms with Crippen molar-refractivity contribution in [1.29, 1.82) is 0 Å². The highest BCUT2D eigenvalue weighted by Crippen LogP contribution is 2.33. The van der Waals surface area contributed by atoms with Crippen molar-refractivity contribution < 1.29 is 0 Å². The van der Waals surface area contributed by atoms with Crippen LogP contribution in [0.25, 0.3) is 10.9 Å². The SMILES string of the molecule is CCNC(CC1CCSCC1)c1cccc2ncccc12. The summed E-state index contributed by atoms with van der Waals surface area (Å²) in [7, 11) is 0. The summed E-state index contributed by atoms with van der Waals surface area (Å²) >= 11 is 2.11. The Morgan fingerprint density at radius 1 is 1.24 bits per heavy atom.